The van der Waals surface area contributed by atoms with Crippen molar-refractivity contribution in [2.45, 2.75) is 6.54 Å². The van der Waals surface area contributed by atoms with E-state index in [2.05, 4.69) is 0 Å². The van der Waals surface area contributed by atoms with E-state index in [0.29, 0.717) is 22.0 Å². The van der Waals surface area contributed by atoms with Gasteiger partial charge in [0, 0.05) is 28.9 Å². The molecule has 0 atom stereocenters. The zero-order valence-corrected chi connectivity index (χ0v) is 12.3. The Kier molecular flexibility index (Phi) is 3.57. The predicted octanol–water partition coefficient (Wildman–Crippen LogP) is 4.90. The van der Waals surface area contributed by atoms with Gasteiger partial charge in [0.1, 0.15) is 0 Å². The summed E-state index contributed by atoms with van der Waals surface area (Å²) in [4.78, 5) is 10.7. The van der Waals surface area contributed by atoms with Gasteiger partial charge < -0.3 is 4.57 Å². The molecule has 0 fully saturated rings. The van der Waals surface area contributed by atoms with Crippen LogP contribution in [0.25, 0.3) is 10.9 Å². The fourth-order valence-electron chi connectivity index (χ4n) is 2.35. The van der Waals surface area contributed by atoms with Crippen LogP contribution in [0.1, 0.15) is 5.56 Å². The molecule has 0 bridgehead atoms. The molecule has 106 valence electrons. The van der Waals surface area contributed by atoms with Crippen molar-refractivity contribution in [2.75, 3.05) is 0 Å². The van der Waals surface area contributed by atoms with Gasteiger partial charge in [0.25, 0.3) is 5.69 Å². The molecule has 6 heteroatoms. The van der Waals surface area contributed by atoms with Gasteiger partial charge >= 0.3 is 0 Å². The number of non-ortho nitro benzene ring substituents is 1. The van der Waals surface area contributed by atoms with E-state index in [1.807, 2.05) is 16.8 Å². The second-order valence-electron chi connectivity index (χ2n) is 4.65. The molecule has 0 amide bonds. The van der Waals surface area contributed by atoms with Crippen LogP contribution in [0.5, 0.6) is 0 Å². The third kappa shape index (κ3) is 2.60. The highest BCUT2D eigenvalue weighted by molar-refractivity contribution is 6.33. The first kappa shape index (κ1) is 13.9. The minimum absolute atomic E-state index is 0.100. The average molecular weight is 321 g/mol. The van der Waals surface area contributed by atoms with E-state index in [9.17, 15) is 10.1 Å². The first-order chi connectivity index (χ1) is 10.1. The average Bonchev–Trinajstić information content (AvgIpc) is 2.86. The summed E-state index contributed by atoms with van der Waals surface area (Å²) < 4.78 is 1.92. The van der Waals surface area contributed by atoms with Crippen LogP contribution in [-0.4, -0.2) is 9.49 Å². The minimum atomic E-state index is -0.376. The van der Waals surface area contributed by atoms with Crippen molar-refractivity contribution < 1.29 is 4.92 Å². The fraction of sp³-hybridized carbons (Fsp3) is 0.0667. The summed E-state index contributed by atoms with van der Waals surface area (Å²) in [6.07, 6.45) is 1.81. The summed E-state index contributed by atoms with van der Waals surface area (Å²) in [5.74, 6) is 0. The van der Waals surface area contributed by atoms with Gasteiger partial charge in [0.05, 0.1) is 15.8 Å². The van der Waals surface area contributed by atoms with Crippen LogP contribution in [-0.2, 0) is 6.54 Å². The Bertz CT molecular complexity index is 843. The fourth-order valence-corrected chi connectivity index (χ4v) is 2.72. The van der Waals surface area contributed by atoms with Crippen LogP contribution in [0, 0.1) is 10.1 Å². The molecule has 0 saturated heterocycles. The number of fused-ring (bicyclic) bond motifs is 1. The van der Waals surface area contributed by atoms with Crippen LogP contribution < -0.4 is 0 Å². The van der Waals surface area contributed by atoms with Crippen molar-refractivity contribution in [3.63, 3.8) is 0 Å². The number of rotatable bonds is 3. The van der Waals surface area contributed by atoms with Crippen LogP contribution >= 0.6 is 23.2 Å². The zero-order valence-electron chi connectivity index (χ0n) is 10.8. The second-order valence-corrected chi connectivity index (χ2v) is 5.49. The molecule has 0 radical (unpaired) electrons. The lowest BCUT2D eigenvalue weighted by molar-refractivity contribution is -0.383. The number of nitro benzene ring substituents is 1. The molecular weight excluding hydrogens is 311 g/mol. The molecule has 0 N–H and O–H groups in total. The van der Waals surface area contributed by atoms with Crippen molar-refractivity contribution in [3.8, 4) is 0 Å². The molecule has 1 heterocycles. The van der Waals surface area contributed by atoms with Crippen molar-refractivity contribution in [2.24, 2.45) is 0 Å². The Morgan fingerprint density at radius 2 is 1.95 bits per heavy atom. The highest BCUT2D eigenvalue weighted by atomic mass is 35.5. The van der Waals surface area contributed by atoms with Gasteiger partial charge in [-0.3, -0.25) is 10.1 Å². The number of halogens is 2. The Morgan fingerprint density at radius 3 is 2.71 bits per heavy atom. The Balaban J connectivity index is 2.08. The zero-order chi connectivity index (χ0) is 15.0. The summed E-state index contributed by atoms with van der Waals surface area (Å²) >= 11 is 12.2. The van der Waals surface area contributed by atoms with Crippen molar-refractivity contribution in [3.05, 3.63) is 74.4 Å². The van der Waals surface area contributed by atoms with Crippen LogP contribution in [0.2, 0.25) is 10.0 Å². The minimum Gasteiger partial charge on any atom is -0.343 e. The maximum atomic E-state index is 11.0. The molecule has 3 aromatic rings. The molecule has 2 aromatic carbocycles. The summed E-state index contributed by atoms with van der Waals surface area (Å²) in [7, 11) is 0. The lowest BCUT2D eigenvalue weighted by atomic mass is 10.2. The summed E-state index contributed by atoms with van der Waals surface area (Å²) in [6, 6.07) is 12.0. The van der Waals surface area contributed by atoms with Gasteiger partial charge in [0.2, 0.25) is 0 Å². The summed E-state index contributed by atoms with van der Waals surface area (Å²) in [5, 5.41) is 12.9. The van der Waals surface area contributed by atoms with Gasteiger partial charge in [-0.05, 0) is 35.9 Å². The molecule has 0 aliphatic rings. The monoisotopic (exact) mass is 320 g/mol. The third-order valence-corrected chi connectivity index (χ3v) is 3.94. The van der Waals surface area contributed by atoms with E-state index >= 15 is 0 Å². The summed E-state index contributed by atoms with van der Waals surface area (Å²) in [5.41, 5.74) is 1.76. The first-order valence-electron chi connectivity index (χ1n) is 6.22. The van der Waals surface area contributed by atoms with Crippen LogP contribution in [0.15, 0.2) is 48.7 Å². The number of hydrogen-bond acceptors (Lipinski definition) is 2. The van der Waals surface area contributed by atoms with E-state index in [1.165, 1.54) is 6.07 Å². The maximum Gasteiger partial charge on any atom is 0.278 e. The normalized spacial score (nSPS) is 11.0. The molecule has 0 aliphatic carbocycles. The highest BCUT2D eigenvalue weighted by Crippen LogP contribution is 2.28. The SMILES string of the molecule is O=[N+]([O-])c1cccc2c1ccn2Cc1cc(Cl)ccc1Cl. The van der Waals surface area contributed by atoms with E-state index in [0.717, 1.165) is 11.1 Å². The van der Waals surface area contributed by atoms with E-state index < -0.39 is 0 Å². The Morgan fingerprint density at radius 1 is 1.14 bits per heavy atom. The van der Waals surface area contributed by atoms with Crippen molar-refractivity contribution in [1.82, 2.24) is 4.57 Å². The number of benzene rings is 2. The van der Waals surface area contributed by atoms with Crippen LogP contribution in [0.3, 0.4) is 0 Å². The lowest BCUT2D eigenvalue weighted by Gasteiger charge is -2.08. The molecule has 0 saturated carbocycles. The first-order valence-corrected chi connectivity index (χ1v) is 6.98. The molecule has 0 unspecified atom stereocenters. The smallest absolute Gasteiger partial charge is 0.278 e. The second kappa shape index (κ2) is 5.39. The molecule has 4 nitrogen and oxygen atoms in total. The number of hydrogen-bond donors (Lipinski definition) is 0. The van der Waals surface area contributed by atoms with Gasteiger partial charge in [-0.1, -0.05) is 29.3 Å². The van der Waals surface area contributed by atoms with Crippen molar-refractivity contribution >= 4 is 39.8 Å². The number of nitro groups is 1. The maximum absolute atomic E-state index is 11.0. The molecule has 1 aromatic heterocycles. The molecule has 0 spiro atoms. The highest BCUT2D eigenvalue weighted by Gasteiger charge is 2.14. The number of nitrogens with zero attached hydrogens (tertiary/aromatic N) is 2. The van der Waals surface area contributed by atoms with E-state index in [4.69, 9.17) is 23.2 Å². The summed E-state index contributed by atoms with van der Waals surface area (Å²) in [6.45, 7) is 0.504. The lowest BCUT2D eigenvalue weighted by Crippen LogP contribution is -1.99. The third-order valence-electron chi connectivity index (χ3n) is 3.34. The quantitative estimate of drug-likeness (QED) is 0.508. The van der Waals surface area contributed by atoms with Gasteiger partial charge in [-0.25, -0.2) is 0 Å². The van der Waals surface area contributed by atoms with Gasteiger partial charge in [0.15, 0.2) is 0 Å². The molecular formula is C15H10Cl2N2O2. The van der Waals surface area contributed by atoms with Gasteiger partial charge in [-0.15, -0.1) is 0 Å². The number of aromatic nitrogens is 1. The molecule has 3 rings (SSSR count). The largest absolute Gasteiger partial charge is 0.343 e. The van der Waals surface area contributed by atoms with Crippen LogP contribution in [0.4, 0.5) is 5.69 Å². The van der Waals surface area contributed by atoms with E-state index in [1.54, 1.807) is 30.3 Å². The molecule has 21 heavy (non-hydrogen) atoms. The standard InChI is InChI=1S/C15H10Cl2N2O2/c16-11-4-5-13(17)10(8-11)9-18-7-6-12-14(18)2-1-3-15(12)19(20)21/h1-8H,9H2. The Hall–Kier alpha value is -2.04. The Labute approximate surface area is 130 Å². The predicted molar refractivity (Wildman–Crippen MR) is 84.2 cm³/mol. The van der Waals surface area contributed by atoms with Crippen molar-refractivity contribution in [1.29, 1.82) is 0 Å². The topological polar surface area (TPSA) is 48.1 Å². The van der Waals surface area contributed by atoms with Gasteiger partial charge in [-0.2, -0.15) is 0 Å². The molecule has 0 aliphatic heterocycles. The van der Waals surface area contributed by atoms with E-state index in [-0.39, 0.29) is 10.6 Å².